The zero-order chi connectivity index (χ0) is 12.4. The van der Waals surface area contributed by atoms with Crippen LogP contribution in [-0.2, 0) is 0 Å². The quantitative estimate of drug-likeness (QED) is 0.687. The predicted octanol–water partition coefficient (Wildman–Crippen LogP) is 3.13. The van der Waals surface area contributed by atoms with Gasteiger partial charge in [0.2, 0.25) is 5.88 Å². The SMILES string of the molecule is Cc1cc(Oc2ccc3cccnc3c2)ncn1. The van der Waals surface area contributed by atoms with E-state index in [2.05, 4.69) is 15.0 Å². The van der Waals surface area contributed by atoms with Crippen LogP contribution in [0.15, 0.2) is 48.9 Å². The third-order valence-electron chi connectivity index (χ3n) is 2.58. The Bertz CT molecular complexity index is 697. The minimum Gasteiger partial charge on any atom is -0.439 e. The third-order valence-corrected chi connectivity index (χ3v) is 2.58. The summed E-state index contributed by atoms with van der Waals surface area (Å²) >= 11 is 0. The van der Waals surface area contributed by atoms with Gasteiger partial charge in [-0.1, -0.05) is 6.07 Å². The normalized spacial score (nSPS) is 10.5. The van der Waals surface area contributed by atoms with Crippen LogP contribution in [0.2, 0.25) is 0 Å². The molecule has 0 spiro atoms. The van der Waals surface area contributed by atoms with E-state index in [0.29, 0.717) is 5.88 Å². The van der Waals surface area contributed by atoms with Crippen LogP contribution in [0.3, 0.4) is 0 Å². The molecule has 0 unspecified atom stereocenters. The first-order chi connectivity index (χ1) is 8.81. The minimum atomic E-state index is 0.540. The Kier molecular flexibility index (Phi) is 2.61. The van der Waals surface area contributed by atoms with Crippen molar-refractivity contribution in [3.05, 3.63) is 54.6 Å². The van der Waals surface area contributed by atoms with E-state index in [-0.39, 0.29) is 0 Å². The molecule has 0 fully saturated rings. The van der Waals surface area contributed by atoms with Gasteiger partial charge in [0.1, 0.15) is 12.1 Å². The molecule has 0 radical (unpaired) electrons. The summed E-state index contributed by atoms with van der Waals surface area (Å²) in [6, 6.07) is 11.5. The van der Waals surface area contributed by atoms with Crippen LogP contribution in [0.5, 0.6) is 11.6 Å². The van der Waals surface area contributed by atoms with Crippen LogP contribution >= 0.6 is 0 Å². The molecule has 0 aliphatic rings. The lowest BCUT2D eigenvalue weighted by molar-refractivity contribution is 0.461. The number of pyridine rings is 1. The first-order valence-electron chi connectivity index (χ1n) is 5.62. The molecule has 3 aromatic rings. The Balaban J connectivity index is 1.95. The first kappa shape index (κ1) is 10.7. The second kappa shape index (κ2) is 4.41. The maximum Gasteiger partial charge on any atom is 0.222 e. The molecule has 1 aromatic carbocycles. The zero-order valence-electron chi connectivity index (χ0n) is 9.87. The molecule has 4 nitrogen and oxygen atoms in total. The molecule has 0 N–H and O–H groups in total. The molecule has 0 aliphatic heterocycles. The molecule has 18 heavy (non-hydrogen) atoms. The second-order valence-electron chi connectivity index (χ2n) is 3.96. The average Bonchev–Trinajstić information content (AvgIpc) is 2.39. The van der Waals surface area contributed by atoms with E-state index in [1.165, 1.54) is 6.33 Å². The number of fused-ring (bicyclic) bond motifs is 1. The fourth-order valence-corrected chi connectivity index (χ4v) is 1.72. The summed E-state index contributed by atoms with van der Waals surface area (Å²) in [6.07, 6.45) is 3.25. The van der Waals surface area contributed by atoms with Crippen molar-refractivity contribution >= 4 is 10.9 Å². The molecule has 0 atom stereocenters. The maximum atomic E-state index is 5.68. The van der Waals surface area contributed by atoms with Crippen LogP contribution in [0.4, 0.5) is 0 Å². The highest BCUT2D eigenvalue weighted by molar-refractivity contribution is 5.79. The van der Waals surface area contributed by atoms with E-state index in [0.717, 1.165) is 22.3 Å². The maximum absolute atomic E-state index is 5.68. The van der Waals surface area contributed by atoms with E-state index < -0.39 is 0 Å². The first-order valence-corrected chi connectivity index (χ1v) is 5.62. The van der Waals surface area contributed by atoms with Gasteiger partial charge in [-0.15, -0.1) is 0 Å². The number of aromatic nitrogens is 3. The number of aryl methyl sites for hydroxylation is 1. The largest absolute Gasteiger partial charge is 0.439 e. The van der Waals surface area contributed by atoms with Crippen LogP contribution in [0, 0.1) is 6.92 Å². The van der Waals surface area contributed by atoms with Crippen molar-refractivity contribution in [1.29, 1.82) is 0 Å². The molecule has 0 saturated carbocycles. The van der Waals surface area contributed by atoms with Gasteiger partial charge in [0.25, 0.3) is 0 Å². The molecule has 3 rings (SSSR count). The minimum absolute atomic E-state index is 0.540. The molecule has 0 aliphatic carbocycles. The van der Waals surface area contributed by atoms with E-state index >= 15 is 0 Å². The van der Waals surface area contributed by atoms with Gasteiger partial charge in [-0.25, -0.2) is 9.97 Å². The van der Waals surface area contributed by atoms with Crippen molar-refractivity contribution in [1.82, 2.24) is 15.0 Å². The number of rotatable bonds is 2. The fourth-order valence-electron chi connectivity index (χ4n) is 1.72. The van der Waals surface area contributed by atoms with Crippen molar-refractivity contribution in [2.75, 3.05) is 0 Å². The van der Waals surface area contributed by atoms with E-state index in [1.54, 1.807) is 12.3 Å². The van der Waals surface area contributed by atoms with Crippen molar-refractivity contribution in [2.45, 2.75) is 6.92 Å². The predicted molar refractivity (Wildman–Crippen MR) is 68.6 cm³/mol. The molecule has 0 saturated heterocycles. The lowest BCUT2D eigenvalue weighted by Crippen LogP contribution is -1.90. The van der Waals surface area contributed by atoms with Crippen molar-refractivity contribution in [2.24, 2.45) is 0 Å². The van der Waals surface area contributed by atoms with Crippen LogP contribution in [0.1, 0.15) is 5.69 Å². The third kappa shape index (κ3) is 2.13. The smallest absolute Gasteiger partial charge is 0.222 e. The average molecular weight is 237 g/mol. The highest BCUT2D eigenvalue weighted by Crippen LogP contribution is 2.23. The van der Waals surface area contributed by atoms with E-state index in [4.69, 9.17) is 4.74 Å². The van der Waals surface area contributed by atoms with Gasteiger partial charge in [0.15, 0.2) is 0 Å². The van der Waals surface area contributed by atoms with Gasteiger partial charge in [-0.3, -0.25) is 4.98 Å². The number of hydrogen-bond donors (Lipinski definition) is 0. The summed E-state index contributed by atoms with van der Waals surface area (Å²) in [5.41, 5.74) is 1.78. The summed E-state index contributed by atoms with van der Waals surface area (Å²) in [4.78, 5) is 12.4. The Hall–Kier alpha value is -2.49. The standard InChI is InChI=1S/C14H11N3O/c1-10-7-14(17-9-16-10)18-12-5-4-11-3-2-6-15-13(11)8-12/h2-9H,1H3. The molecule has 4 heteroatoms. The van der Waals surface area contributed by atoms with Crippen LogP contribution in [0.25, 0.3) is 10.9 Å². The van der Waals surface area contributed by atoms with Gasteiger partial charge in [0.05, 0.1) is 5.52 Å². The van der Waals surface area contributed by atoms with Gasteiger partial charge >= 0.3 is 0 Å². The van der Waals surface area contributed by atoms with E-state index in [9.17, 15) is 0 Å². The fraction of sp³-hybridized carbons (Fsp3) is 0.0714. The number of benzene rings is 1. The molecular formula is C14H11N3O. The molecule has 2 aromatic heterocycles. The summed E-state index contributed by atoms with van der Waals surface area (Å²) in [6.45, 7) is 1.90. The molecule has 0 amide bonds. The Morgan fingerprint density at radius 3 is 2.83 bits per heavy atom. The zero-order valence-corrected chi connectivity index (χ0v) is 9.87. The Labute approximate surface area is 104 Å². The monoisotopic (exact) mass is 237 g/mol. The second-order valence-corrected chi connectivity index (χ2v) is 3.96. The van der Waals surface area contributed by atoms with Crippen LogP contribution < -0.4 is 4.74 Å². The molecular weight excluding hydrogens is 226 g/mol. The molecule has 2 heterocycles. The van der Waals surface area contributed by atoms with Crippen molar-refractivity contribution in [3.8, 4) is 11.6 Å². The summed E-state index contributed by atoms with van der Waals surface area (Å²) in [5.74, 6) is 1.26. The van der Waals surface area contributed by atoms with Crippen molar-refractivity contribution < 1.29 is 4.74 Å². The Morgan fingerprint density at radius 2 is 1.94 bits per heavy atom. The van der Waals surface area contributed by atoms with Gasteiger partial charge in [0, 0.05) is 29.4 Å². The Morgan fingerprint density at radius 1 is 1.00 bits per heavy atom. The lowest BCUT2D eigenvalue weighted by Gasteiger charge is -2.05. The highest BCUT2D eigenvalue weighted by Gasteiger charge is 2.01. The highest BCUT2D eigenvalue weighted by atomic mass is 16.5. The van der Waals surface area contributed by atoms with Crippen molar-refractivity contribution in [3.63, 3.8) is 0 Å². The van der Waals surface area contributed by atoms with Gasteiger partial charge in [-0.2, -0.15) is 0 Å². The summed E-state index contributed by atoms with van der Waals surface area (Å²) < 4.78 is 5.68. The summed E-state index contributed by atoms with van der Waals surface area (Å²) in [5, 5.41) is 1.09. The van der Waals surface area contributed by atoms with Crippen LogP contribution in [-0.4, -0.2) is 15.0 Å². The number of hydrogen-bond acceptors (Lipinski definition) is 4. The number of ether oxygens (including phenoxy) is 1. The van der Waals surface area contributed by atoms with Gasteiger partial charge in [-0.05, 0) is 25.1 Å². The van der Waals surface area contributed by atoms with Gasteiger partial charge < -0.3 is 4.74 Å². The lowest BCUT2D eigenvalue weighted by atomic mass is 10.2. The topological polar surface area (TPSA) is 47.9 Å². The van der Waals surface area contributed by atoms with E-state index in [1.807, 2.05) is 37.3 Å². The summed E-state index contributed by atoms with van der Waals surface area (Å²) in [7, 11) is 0. The number of nitrogens with zero attached hydrogens (tertiary/aromatic N) is 3. The molecule has 88 valence electrons. The molecule has 0 bridgehead atoms.